The molecule has 0 heterocycles. The molecule has 0 aromatic rings. The van der Waals surface area contributed by atoms with Gasteiger partial charge in [0.1, 0.15) is 12.6 Å². The van der Waals surface area contributed by atoms with E-state index in [1.54, 1.807) is 0 Å². The number of allylic oxidation sites excluding steroid dienone is 5. The van der Waals surface area contributed by atoms with Crippen molar-refractivity contribution in [1.82, 2.24) is 5.32 Å². The lowest BCUT2D eigenvalue weighted by Crippen LogP contribution is -2.28. The van der Waals surface area contributed by atoms with Gasteiger partial charge in [0.05, 0.1) is 0 Å². The predicted molar refractivity (Wildman–Crippen MR) is 208 cm³/mol. The number of esters is 1. The average molecular weight is 688 g/mol. The number of nitrogens with one attached hydrogen (secondary N) is 1. The maximum Gasteiger partial charge on any atom is 0.322 e. The summed E-state index contributed by atoms with van der Waals surface area (Å²) in [5, 5.41) is 11.0. The maximum absolute atomic E-state index is 12.7. The van der Waals surface area contributed by atoms with Crippen LogP contribution in [0.25, 0.3) is 0 Å². The SMILES string of the molecule is CCCCC/C=C\C/C=C\C(CCCCCCCCC(=O)NCC(=O)O)OC(=O)CCCCCCCCC/C=C\CCCCCCCCC. The summed E-state index contributed by atoms with van der Waals surface area (Å²) in [7, 11) is 0. The molecule has 0 saturated heterocycles. The van der Waals surface area contributed by atoms with E-state index >= 15 is 0 Å². The second-order valence-electron chi connectivity index (χ2n) is 13.9. The molecule has 2 N–H and O–H groups in total. The lowest BCUT2D eigenvalue weighted by molar-refractivity contribution is -0.147. The molecule has 0 rings (SSSR count). The summed E-state index contributed by atoms with van der Waals surface area (Å²) in [4.78, 5) is 34.8. The molecule has 6 nitrogen and oxygen atoms in total. The second kappa shape index (κ2) is 38.4. The van der Waals surface area contributed by atoms with Gasteiger partial charge < -0.3 is 15.2 Å². The van der Waals surface area contributed by atoms with E-state index in [0.717, 1.165) is 70.6 Å². The lowest BCUT2D eigenvalue weighted by Gasteiger charge is -2.14. The Morgan fingerprint density at radius 1 is 0.551 bits per heavy atom. The van der Waals surface area contributed by atoms with Gasteiger partial charge in [0.25, 0.3) is 0 Å². The van der Waals surface area contributed by atoms with Crippen LogP contribution in [-0.4, -0.2) is 35.6 Å². The van der Waals surface area contributed by atoms with Crippen LogP contribution in [0.4, 0.5) is 0 Å². The number of carbonyl (C=O) groups is 3. The third-order valence-corrected chi connectivity index (χ3v) is 9.02. The van der Waals surface area contributed by atoms with Crippen molar-refractivity contribution in [2.45, 2.75) is 213 Å². The van der Waals surface area contributed by atoms with Crippen molar-refractivity contribution < 1.29 is 24.2 Å². The van der Waals surface area contributed by atoms with Crippen molar-refractivity contribution in [2.24, 2.45) is 0 Å². The first-order valence-corrected chi connectivity index (χ1v) is 20.6. The first kappa shape index (κ1) is 46.6. The zero-order chi connectivity index (χ0) is 35.9. The van der Waals surface area contributed by atoms with E-state index in [-0.39, 0.29) is 24.5 Å². The smallest absolute Gasteiger partial charge is 0.322 e. The van der Waals surface area contributed by atoms with Gasteiger partial charge in [0, 0.05) is 12.8 Å². The molecular weight excluding hydrogens is 610 g/mol. The summed E-state index contributed by atoms with van der Waals surface area (Å²) >= 11 is 0. The van der Waals surface area contributed by atoms with Crippen LogP contribution >= 0.6 is 0 Å². The van der Waals surface area contributed by atoms with Crippen LogP contribution in [0.5, 0.6) is 0 Å². The van der Waals surface area contributed by atoms with Gasteiger partial charge in [0.2, 0.25) is 5.91 Å². The second-order valence-corrected chi connectivity index (χ2v) is 13.9. The minimum atomic E-state index is -1.02. The quantitative estimate of drug-likeness (QED) is 0.0385. The monoisotopic (exact) mass is 688 g/mol. The van der Waals surface area contributed by atoms with Crippen LogP contribution in [-0.2, 0) is 19.1 Å². The number of carbonyl (C=O) groups excluding carboxylic acids is 2. The Morgan fingerprint density at radius 2 is 1.00 bits per heavy atom. The zero-order valence-electron chi connectivity index (χ0n) is 32.0. The van der Waals surface area contributed by atoms with Crippen molar-refractivity contribution in [2.75, 3.05) is 6.54 Å². The van der Waals surface area contributed by atoms with E-state index in [1.165, 1.54) is 109 Å². The summed E-state index contributed by atoms with van der Waals surface area (Å²) in [5.41, 5.74) is 0. The molecule has 1 unspecified atom stereocenters. The topological polar surface area (TPSA) is 92.7 Å². The minimum absolute atomic E-state index is 0.0748. The zero-order valence-corrected chi connectivity index (χ0v) is 32.0. The van der Waals surface area contributed by atoms with Crippen LogP contribution in [0.1, 0.15) is 206 Å². The van der Waals surface area contributed by atoms with Crippen LogP contribution in [0, 0.1) is 0 Å². The fraction of sp³-hybridized carbons (Fsp3) is 0.791. The summed E-state index contributed by atoms with van der Waals surface area (Å²) in [5.74, 6) is -1.29. The Hall–Kier alpha value is -2.37. The van der Waals surface area contributed by atoms with Gasteiger partial charge in [0.15, 0.2) is 0 Å². The number of ether oxygens (including phenoxy) is 1. The Balaban J connectivity index is 4.10. The van der Waals surface area contributed by atoms with Crippen molar-refractivity contribution in [3.05, 3.63) is 36.5 Å². The van der Waals surface area contributed by atoms with Gasteiger partial charge >= 0.3 is 11.9 Å². The van der Waals surface area contributed by atoms with E-state index in [0.29, 0.717) is 12.8 Å². The molecule has 0 aliphatic rings. The summed E-state index contributed by atoms with van der Waals surface area (Å²) < 4.78 is 5.91. The molecule has 0 aromatic carbocycles. The van der Waals surface area contributed by atoms with Crippen LogP contribution in [0.3, 0.4) is 0 Å². The van der Waals surface area contributed by atoms with E-state index < -0.39 is 5.97 Å². The molecule has 0 aliphatic heterocycles. The molecule has 0 fully saturated rings. The van der Waals surface area contributed by atoms with Gasteiger partial charge in [-0.05, 0) is 76.7 Å². The van der Waals surface area contributed by atoms with Gasteiger partial charge in [-0.3, -0.25) is 14.4 Å². The molecule has 284 valence electrons. The highest BCUT2D eigenvalue weighted by atomic mass is 16.5. The molecule has 0 aliphatic carbocycles. The number of amides is 1. The third kappa shape index (κ3) is 38.3. The minimum Gasteiger partial charge on any atom is -0.480 e. The summed E-state index contributed by atoms with van der Waals surface area (Å²) in [6.07, 6.45) is 47.2. The van der Waals surface area contributed by atoms with E-state index in [1.807, 2.05) is 0 Å². The average Bonchev–Trinajstić information content (AvgIpc) is 3.08. The van der Waals surface area contributed by atoms with Crippen molar-refractivity contribution in [1.29, 1.82) is 0 Å². The molecule has 0 bridgehead atoms. The number of aliphatic carboxylic acids is 1. The van der Waals surface area contributed by atoms with E-state index in [2.05, 4.69) is 55.6 Å². The number of carboxylic acid groups (broad SMARTS) is 1. The maximum atomic E-state index is 12.7. The van der Waals surface area contributed by atoms with Gasteiger partial charge in [-0.2, -0.15) is 0 Å². The highest BCUT2D eigenvalue weighted by Gasteiger charge is 2.11. The number of unbranched alkanes of at least 4 members (excludes halogenated alkanes) is 22. The number of hydrogen-bond donors (Lipinski definition) is 2. The summed E-state index contributed by atoms with van der Waals surface area (Å²) in [6.45, 7) is 4.18. The van der Waals surface area contributed by atoms with Gasteiger partial charge in [-0.25, -0.2) is 0 Å². The van der Waals surface area contributed by atoms with Crippen molar-refractivity contribution >= 4 is 17.8 Å². The molecule has 1 atom stereocenters. The first-order valence-electron chi connectivity index (χ1n) is 20.6. The molecule has 0 aromatic heterocycles. The summed E-state index contributed by atoms with van der Waals surface area (Å²) in [6, 6.07) is 0. The van der Waals surface area contributed by atoms with Crippen LogP contribution in [0.2, 0.25) is 0 Å². The molecular formula is C43H77NO5. The first-order chi connectivity index (χ1) is 24.0. The molecule has 0 spiro atoms. The Labute approximate surface area is 302 Å². The molecule has 1 amide bonds. The van der Waals surface area contributed by atoms with E-state index in [9.17, 15) is 14.4 Å². The number of carboxylic acids is 1. The highest BCUT2D eigenvalue weighted by molar-refractivity contribution is 5.80. The fourth-order valence-electron chi connectivity index (χ4n) is 5.93. The lowest BCUT2D eigenvalue weighted by atomic mass is 10.1. The molecule has 0 radical (unpaired) electrons. The standard InChI is InChI=1S/C43H77NO5/c1-3-5-7-9-11-13-14-15-16-17-18-19-20-21-22-24-30-34-38-43(48)49-40(35-31-27-23-12-10-8-6-4-2)36-32-28-25-26-29-33-37-41(45)44-39-42(46)47/h12,16-17,23,31,35,40H,3-11,13-15,18-22,24-30,32-34,36-39H2,1-2H3,(H,44,45)(H,46,47)/b17-16-,23-12-,35-31-. The molecule has 0 saturated carbocycles. The predicted octanol–water partition coefficient (Wildman–Crippen LogP) is 12.5. The Kier molecular flexibility index (Phi) is 36.6. The van der Waals surface area contributed by atoms with Gasteiger partial charge in [-0.15, -0.1) is 0 Å². The Bertz CT molecular complexity index is 849. The fourth-order valence-corrected chi connectivity index (χ4v) is 5.93. The van der Waals surface area contributed by atoms with Gasteiger partial charge in [-0.1, -0.05) is 153 Å². The Morgan fingerprint density at radius 3 is 1.57 bits per heavy atom. The molecule has 6 heteroatoms. The highest BCUT2D eigenvalue weighted by Crippen LogP contribution is 2.16. The van der Waals surface area contributed by atoms with Crippen LogP contribution in [0.15, 0.2) is 36.5 Å². The molecule has 49 heavy (non-hydrogen) atoms. The number of rotatable bonds is 37. The third-order valence-electron chi connectivity index (χ3n) is 9.02. The largest absolute Gasteiger partial charge is 0.480 e. The number of hydrogen-bond acceptors (Lipinski definition) is 4. The van der Waals surface area contributed by atoms with Crippen LogP contribution < -0.4 is 5.32 Å². The normalized spacial score (nSPS) is 12.4. The van der Waals surface area contributed by atoms with Crippen molar-refractivity contribution in [3.63, 3.8) is 0 Å². The van der Waals surface area contributed by atoms with E-state index in [4.69, 9.17) is 9.84 Å². The van der Waals surface area contributed by atoms with Crippen molar-refractivity contribution in [3.8, 4) is 0 Å².